The highest BCUT2D eigenvalue weighted by atomic mass is 16.4. The maximum absolute atomic E-state index is 12.8. The molecule has 0 aliphatic heterocycles. The Morgan fingerprint density at radius 1 is 0.893 bits per heavy atom. The highest BCUT2D eigenvalue weighted by Crippen LogP contribution is 2.32. The molecular weight excluding hydrogens is 356 g/mol. The zero-order valence-corrected chi connectivity index (χ0v) is 15.2. The number of furan rings is 2. The quantitative estimate of drug-likeness (QED) is 0.509. The predicted molar refractivity (Wildman–Crippen MR) is 107 cm³/mol. The van der Waals surface area contributed by atoms with Gasteiger partial charge in [0.25, 0.3) is 11.8 Å². The van der Waals surface area contributed by atoms with Gasteiger partial charge >= 0.3 is 0 Å². The summed E-state index contributed by atoms with van der Waals surface area (Å²) in [4.78, 5) is 25.3. The van der Waals surface area contributed by atoms with E-state index >= 15 is 0 Å². The minimum absolute atomic E-state index is 0.0284. The average molecular weight is 374 g/mol. The maximum atomic E-state index is 12.8. The lowest BCUT2D eigenvalue weighted by atomic mass is 10.1. The van der Waals surface area contributed by atoms with Gasteiger partial charge in [-0.25, -0.2) is 0 Å². The molecule has 0 fully saturated rings. The van der Waals surface area contributed by atoms with Gasteiger partial charge in [-0.3, -0.25) is 9.59 Å². The van der Waals surface area contributed by atoms with Crippen LogP contribution in [0.3, 0.4) is 0 Å². The average Bonchev–Trinajstić information content (AvgIpc) is 3.37. The molecule has 2 amide bonds. The van der Waals surface area contributed by atoms with E-state index in [4.69, 9.17) is 8.83 Å². The second kappa shape index (κ2) is 7.44. The fraction of sp³-hybridized carbons (Fsp3) is 0.0909. The van der Waals surface area contributed by atoms with Crippen LogP contribution in [0.1, 0.15) is 33.6 Å². The number of benzene rings is 2. The van der Waals surface area contributed by atoms with Crippen LogP contribution in [0.15, 0.2) is 75.8 Å². The number of fused-ring (bicyclic) bond motifs is 1. The molecule has 0 saturated carbocycles. The van der Waals surface area contributed by atoms with E-state index in [1.165, 1.54) is 11.8 Å². The number of rotatable bonds is 5. The van der Waals surface area contributed by atoms with E-state index in [9.17, 15) is 9.59 Å². The lowest BCUT2D eigenvalue weighted by molar-refractivity contribution is 0.0996. The molecule has 140 valence electrons. The minimum atomic E-state index is -0.460. The molecule has 0 saturated heterocycles. The van der Waals surface area contributed by atoms with Crippen molar-refractivity contribution in [3.05, 3.63) is 84.0 Å². The molecule has 2 N–H and O–H groups in total. The molecule has 0 bridgehead atoms. The van der Waals surface area contributed by atoms with Crippen molar-refractivity contribution in [3.63, 3.8) is 0 Å². The second-order valence-corrected chi connectivity index (χ2v) is 6.24. The summed E-state index contributed by atoms with van der Waals surface area (Å²) in [5, 5.41) is 6.18. The van der Waals surface area contributed by atoms with Crippen molar-refractivity contribution in [1.82, 2.24) is 0 Å². The first-order valence-electron chi connectivity index (χ1n) is 8.92. The third kappa shape index (κ3) is 3.40. The lowest BCUT2D eigenvalue weighted by Gasteiger charge is -2.07. The monoisotopic (exact) mass is 374 g/mol. The maximum Gasteiger partial charge on any atom is 0.293 e. The molecule has 4 rings (SSSR count). The Bertz CT molecular complexity index is 1130. The predicted octanol–water partition coefficient (Wildman–Crippen LogP) is 5.09. The van der Waals surface area contributed by atoms with Gasteiger partial charge in [-0.15, -0.1) is 0 Å². The summed E-state index contributed by atoms with van der Waals surface area (Å²) in [5.74, 6) is -0.736. The van der Waals surface area contributed by atoms with Gasteiger partial charge in [-0.1, -0.05) is 31.2 Å². The summed E-state index contributed by atoms with van der Waals surface area (Å²) in [6.07, 6.45) is 2.33. The van der Waals surface area contributed by atoms with Crippen molar-refractivity contribution in [2.75, 3.05) is 10.6 Å². The van der Waals surface area contributed by atoms with Gasteiger partial charge in [0.1, 0.15) is 11.3 Å². The Morgan fingerprint density at radius 2 is 1.68 bits per heavy atom. The SMILES string of the molecule is CCc1ccc(NC(=O)c2oc3ccccc3c2NC(=O)c2ccco2)cc1. The van der Waals surface area contributed by atoms with E-state index in [2.05, 4.69) is 17.6 Å². The van der Waals surface area contributed by atoms with Crippen LogP contribution in [0.5, 0.6) is 0 Å². The third-order valence-electron chi connectivity index (χ3n) is 4.41. The largest absolute Gasteiger partial charge is 0.459 e. The Morgan fingerprint density at radius 3 is 2.39 bits per heavy atom. The van der Waals surface area contributed by atoms with Crippen molar-refractivity contribution in [2.24, 2.45) is 0 Å². The molecule has 0 aliphatic rings. The van der Waals surface area contributed by atoms with E-state index in [1.807, 2.05) is 30.3 Å². The van der Waals surface area contributed by atoms with Gasteiger partial charge in [0, 0.05) is 11.1 Å². The van der Waals surface area contributed by atoms with Gasteiger partial charge in [0.05, 0.1) is 6.26 Å². The normalized spacial score (nSPS) is 10.8. The summed E-state index contributed by atoms with van der Waals surface area (Å²) in [6.45, 7) is 2.07. The first kappa shape index (κ1) is 17.6. The number of carbonyl (C=O) groups is 2. The fourth-order valence-corrected chi connectivity index (χ4v) is 2.92. The molecule has 2 heterocycles. The van der Waals surface area contributed by atoms with Crippen LogP contribution in [0.2, 0.25) is 0 Å². The summed E-state index contributed by atoms with van der Waals surface area (Å²) >= 11 is 0. The molecule has 2 aromatic carbocycles. The van der Waals surface area contributed by atoms with Gasteiger partial charge in [-0.05, 0) is 48.4 Å². The summed E-state index contributed by atoms with van der Waals surface area (Å²) in [6, 6.07) is 17.9. The number of anilines is 2. The molecular formula is C22H18N2O4. The number of hydrogen-bond acceptors (Lipinski definition) is 4. The lowest BCUT2D eigenvalue weighted by Crippen LogP contribution is -2.16. The smallest absolute Gasteiger partial charge is 0.293 e. The highest BCUT2D eigenvalue weighted by molar-refractivity contribution is 6.16. The molecule has 0 aliphatic carbocycles. The topological polar surface area (TPSA) is 84.5 Å². The molecule has 28 heavy (non-hydrogen) atoms. The van der Waals surface area contributed by atoms with E-state index in [1.54, 1.807) is 30.3 Å². The number of amides is 2. The zero-order valence-electron chi connectivity index (χ0n) is 15.2. The van der Waals surface area contributed by atoms with E-state index in [0.29, 0.717) is 22.3 Å². The molecule has 6 nitrogen and oxygen atoms in total. The molecule has 0 spiro atoms. The van der Waals surface area contributed by atoms with Crippen LogP contribution in [0, 0.1) is 0 Å². The minimum Gasteiger partial charge on any atom is -0.459 e. The van der Waals surface area contributed by atoms with Crippen molar-refractivity contribution in [3.8, 4) is 0 Å². The van der Waals surface area contributed by atoms with Crippen LogP contribution >= 0.6 is 0 Å². The molecule has 2 aromatic heterocycles. The Kier molecular flexibility index (Phi) is 4.68. The van der Waals surface area contributed by atoms with Crippen molar-refractivity contribution in [1.29, 1.82) is 0 Å². The van der Waals surface area contributed by atoms with Gasteiger partial charge in [0.15, 0.2) is 5.76 Å². The van der Waals surface area contributed by atoms with E-state index in [0.717, 1.165) is 6.42 Å². The van der Waals surface area contributed by atoms with Crippen molar-refractivity contribution >= 4 is 34.2 Å². The Hall–Kier alpha value is -3.80. The number of carbonyl (C=O) groups excluding carboxylic acids is 2. The van der Waals surface area contributed by atoms with Crippen LogP contribution in [-0.4, -0.2) is 11.8 Å². The van der Waals surface area contributed by atoms with Gasteiger partial charge in [0.2, 0.25) is 5.76 Å². The zero-order chi connectivity index (χ0) is 19.5. The van der Waals surface area contributed by atoms with Crippen LogP contribution in [0.4, 0.5) is 11.4 Å². The molecule has 4 aromatic rings. The molecule has 0 atom stereocenters. The number of nitrogens with one attached hydrogen (secondary N) is 2. The van der Waals surface area contributed by atoms with Crippen LogP contribution in [-0.2, 0) is 6.42 Å². The summed E-state index contributed by atoms with van der Waals surface area (Å²) in [5.41, 5.74) is 2.63. The highest BCUT2D eigenvalue weighted by Gasteiger charge is 2.23. The summed E-state index contributed by atoms with van der Waals surface area (Å²) < 4.78 is 10.9. The molecule has 0 unspecified atom stereocenters. The van der Waals surface area contributed by atoms with Crippen LogP contribution < -0.4 is 10.6 Å². The van der Waals surface area contributed by atoms with E-state index < -0.39 is 11.8 Å². The molecule has 6 heteroatoms. The van der Waals surface area contributed by atoms with Crippen molar-refractivity contribution < 1.29 is 18.4 Å². The Labute approximate surface area is 161 Å². The second-order valence-electron chi connectivity index (χ2n) is 6.24. The fourth-order valence-electron chi connectivity index (χ4n) is 2.92. The van der Waals surface area contributed by atoms with Gasteiger partial charge in [-0.2, -0.15) is 0 Å². The van der Waals surface area contributed by atoms with Gasteiger partial charge < -0.3 is 19.5 Å². The number of hydrogen-bond donors (Lipinski definition) is 2. The number of aryl methyl sites for hydroxylation is 1. The Balaban J connectivity index is 1.67. The van der Waals surface area contributed by atoms with Crippen LogP contribution in [0.25, 0.3) is 11.0 Å². The first-order chi connectivity index (χ1) is 13.7. The van der Waals surface area contributed by atoms with E-state index in [-0.39, 0.29) is 11.5 Å². The summed E-state index contributed by atoms with van der Waals surface area (Å²) in [7, 11) is 0. The first-order valence-corrected chi connectivity index (χ1v) is 8.92. The standard InChI is InChI=1S/C22H18N2O4/c1-2-14-9-11-15(12-10-14)23-22(26)20-19(16-6-3-4-7-17(16)28-20)24-21(25)18-8-5-13-27-18/h3-13H,2H2,1H3,(H,23,26)(H,24,25). The molecule has 0 radical (unpaired) electrons. The van der Waals surface area contributed by atoms with Crippen molar-refractivity contribution in [2.45, 2.75) is 13.3 Å². The third-order valence-corrected chi connectivity index (χ3v) is 4.41. The number of para-hydroxylation sites is 1.